The van der Waals surface area contributed by atoms with E-state index < -0.39 is 40.9 Å². The van der Waals surface area contributed by atoms with E-state index in [1.54, 1.807) is 13.8 Å². The zero-order chi connectivity index (χ0) is 16.7. The van der Waals surface area contributed by atoms with Crippen LogP contribution in [0.1, 0.15) is 34.6 Å². The van der Waals surface area contributed by atoms with Crippen molar-refractivity contribution in [1.29, 1.82) is 0 Å². The van der Waals surface area contributed by atoms with Gasteiger partial charge in [0.05, 0.1) is 24.4 Å². The topological polar surface area (TPSA) is 43.4 Å². The summed E-state index contributed by atoms with van der Waals surface area (Å²) >= 11 is 0. The van der Waals surface area contributed by atoms with E-state index in [2.05, 4.69) is 0 Å². The molecule has 0 radical (unpaired) electrons. The van der Waals surface area contributed by atoms with Gasteiger partial charge in [-0.1, -0.05) is 13.8 Å². The largest absolute Gasteiger partial charge is 0.500 e. The van der Waals surface area contributed by atoms with Gasteiger partial charge in [0, 0.05) is 5.57 Å². The number of halogens is 3. The molecule has 0 saturated heterocycles. The lowest BCUT2D eigenvalue weighted by molar-refractivity contribution is -0.188. The van der Waals surface area contributed by atoms with Crippen molar-refractivity contribution < 1.29 is 27.5 Å². The smallest absolute Gasteiger partial charge is 0.391 e. The molecule has 6 heteroatoms. The number of hydrogen-bond donors (Lipinski definition) is 0. The van der Waals surface area contributed by atoms with Crippen LogP contribution in [0.2, 0.25) is 0 Å². The third-order valence-electron chi connectivity index (χ3n) is 4.49. The second-order valence-corrected chi connectivity index (χ2v) is 6.18. The van der Waals surface area contributed by atoms with E-state index in [0.717, 1.165) is 6.92 Å². The van der Waals surface area contributed by atoms with Crippen LogP contribution in [0.3, 0.4) is 0 Å². The molecule has 0 aromatic heterocycles. The molecule has 1 rings (SSSR count). The SMILES string of the molecule is COC1=C(C)C(=O)C(C(C)C(C)C(F)(F)F)C(=O)C1(C)C. The van der Waals surface area contributed by atoms with Gasteiger partial charge in [-0.05, 0) is 26.7 Å². The second kappa shape index (κ2) is 5.46. The van der Waals surface area contributed by atoms with Gasteiger partial charge in [0.2, 0.25) is 0 Å². The van der Waals surface area contributed by atoms with Gasteiger partial charge in [-0.3, -0.25) is 9.59 Å². The average Bonchev–Trinajstić information content (AvgIpc) is 2.35. The molecule has 0 aromatic rings. The summed E-state index contributed by atoms with van der Waals surface area (Å²) in [6.07, 6.45) is -4.44. The summed E-state index contributed by atoms with van der Waals surface area (Å²) in [5.41, 5.74) is -0.870. The van der Waals surface area contributed by atoms with Crippen LogP contribution >= 0.6 is 0 Å². The molecule has 0 aliphatic heterocycles. The number of allylic oxidation sites excluding steroid dienone is 2. The van der Waals surface area contributed by atoms with Crippen molar-refractivity contribution in [1.82, 2.24) is 0 Å². The highest BCUT2D eigenvalue weighted by Gasteiger charge is 2.53. The normalized spacial score (nSPS) is 25.9. The summed E-state index contributed by atoms with van der Waals surface area (Å²) in [6, 6.07) is 0. The highest BCUT2D eigenvalue weighted by molar-refractivity contribution is 6.15. The van der Waals surface area contributed by atoms with Crippen molar-refractivity contribution in [3.8, 4) is 0 Å². The first-order valence-corrected chi connectivity index (χ1v) is 6.77. The fourth-order valence-electron chi connectivity index (χ4n) is 2.91. The van der Waals surface area contributed by atoms with Crippen LogP contribution in [0, 0.1) is 23.2 Å². The Balaban J connectivity index is 3.31. The maximum atomic E-state index is 12.9. The number of carbonyl (C=O) groups excluding carboxylic acids is 2. The van der Waals surface area contributed by atoms with Gasteiger partial charge in [0.1, 0.15) is 5.76 Å². The van der Waals surface area contributed by atoms with Crippen molar-refractivity contribution in [2.24, 2.45) is 23.2 Å². The number of methoxy groups -OCH3 is 1. The molecule has 120 valence electrons. The van der Waals surface area contributed by atoms with Gasteiger partial charge < -0.3 is 4.74 Å². The van der Waals surface area contributed by atoms with Crippen LogP contribution in [0.5, 0.6) is 0 Å². The zero-order valence-corrected chi connectivity index (χ0v) is 13.1. The molecule has 3 atom stereocenters. The molecule has 1 aliphatic rings. The molecule has 0 amide bonds. The molecule has 1 aliphatic carbocycles. The molecule has 0 spiro atoms. The number of hydrogen-bond acceptors (Lipinski definition) is 3. The van der Waals surface area contributed by atoms with E-state index in [1.807, 2.05) is 0 Å². The van der Waals surface area contributed by atoms with Gasteiger partial charge in [-0.25, -0.2) is 0 Å². The molecule has 0 bridgehead atoms. The van der Waals surface area contributed by atoms with Crippen molar-refractivity contribution in [2.75, 3.05) is 7.11 Å². The van der Waals surface area contributed by atoms with E-state index in [0.29, 0.717) is 0 Å². The number of ketones is 2. The van der Waals surface area contributed by atoms with E-state index in [1.165, 1.54) is 21.0 Å². The van der Waals surface area contributed by atoms with Crippen LogP contribution < -0.4 is 0 Å². The Hall–Kier alpha value is -1.33. The number of rotatable bonds is 3. The fourth-order valence-corrected chi connectivity index (χ4v) is 2.91. The number of ether oxygens (including phenoxy) is 1. The van der Waals surface area contributed by atoms with Gasteiger partial charge in [0.25, 0.3) is 0 Å². The molecule has 0 N–H and O–H groups in total. The zero-order valence-electron chi connectivity index (χ0n) is 13.1. The minimum Gasteiger partial charge on any atom is -0.500 e. The van der Waals surface area contributed by atoms with Crippen LogP contribution in [0.15, 0.2) is 11.3 Å². The van der Waals surface area contributed by atoms with Crippen molar-refractivity contribution in [3.05, 3.63) is 11.3 Å². The van der Waals surface area contributed by atoms with Crippen LogP contribution in [-0.2, 0) is 14.3 Å². The van der Waals surface area contributed by atoms with Gasteiger partial charge in [-0.2, -0.15) is 13.2 Å². The Morgan fingerprint density at radius 2 is 1.67 bits per heavy atom. The lowest BCUT2D eigenvalue weighted by Crippen LogP contribution is -2.48. The molecule has 21 heavy (non-hydrogen) atoms. The number of Topliss-reactive ketones (excluding diaryl/α,β-unsaturated/α-hetero) is 2. The van der Waals surface area contributed by atoms with Crippen molar-refractivity contribution >= 4 is 11.6 Å². The molecule has 0 saturated carbocycles. The predicted molar refractivity (Wildman–Crippen MR) is 71.4 cm³/mol. The molecule has 0 aromatic carbocycles. The molecular weight excluding hydrogens is 285 g/mol. The van der Waals surface area contributed by atoms with E-state index >= 15 is 0 Å². The number of alkyl halides is 3. The van der Waals surface area contributed by atoms with E-state index in [-0.39, 0.29) is 11.3 Å². The van der Waals surface area contributed by atoms with Crippen LogP contribution in [0.25, 0.3) is 0 Å². The van der Waals surface area contributed by atoms with Crippen molar-refractivity contribution in [2.45, 2.75) is 40.8 Å². The summed E-state index contributed by atoms with van der Waals surface area (Å²) in [4.78, 5) is 24.9. The highest BCUT2D eigenvalue weighted by atomic mass is 19.4. The summed E-state index contributed by atoms with van der Waals surface area (Å²) in [6.45, 7) is 6.94. The average molecular weight is 306 g/mol. The standard InChI is InChI=1S/C15H21F3O3/c1-7(9(3)15(16,17)18)10-11(19)8(2)13(21-6)14(4,5)12(10)20/h7,9-10H,1-6H3. The summed E-state index contributed by atoms with van der Waals surface area (Å²) in [5, 5.41) is 0. The molecule has 3 unspecified atom stereocenters. The Kier molecular flexibility index (Phi) is 4.61. The van der Waals surface area contributed by atoms with Gasteiger partial charge in [-0.15, -0.1) is 0 Å². The first-order valence-electron chi connectivity index (χ1n) is 6.77. The fraction of sp³-hybridized carbons (Fsp3) is 0.733. The second-order valence-electron chi connectivity index (χ2n) is 6.18. The Morgan fingerprint density at radius 3 is 2.05 bits per heavy atom. The lowest BCUT2D eigenvalue weighted by Gasteiger charge is -2.39. The summed E-state index contributed by atoms with van der Waals surface area (Å²) < 4.78 is 43.8. The molecule has 0 fully saturated rings. The first kappa shape index (κ1) is 17.7. The maximum absolute atomic E-state index is 12.9. The van der Waals surface area contributed by atoms with E-state index in [9.17, 15) is 22.8 Å². The first-order chi connectivity index (χ1) is 9.37. The Labute approximate surface area is 122 Å². The minimum absolute atomic E-state index is 0.230. The van der Waals surface area contributed by atoms with Crippen molar-refractivity contribution in [3.63, 3.8) is 0 Å². The molecular formula is C15H21F3O3. The summed E-state index contributed by atoms with van der Waals surface area (Å²) in [7, 11) is 1.35. The van der Waals surface area contributed by atoms with Gasteiger partial charge >= 0.3 is 6.18 Å². The third-order valence-corrected chi connectivity index (χ3v) is 4.49. The van der Waals surface area contributed by atoms with Gasteiger partial charge in [0.15, 0.2) is 11.6 Å². The quantitative estimate of drug-likeness (QED) is 0.749. The monoisotopic (exact) mass is 306 g/mol. The Bertz CT molecular complexity index is 489. The number of carbonyl (C=O) groups is 2. The maximum Gasteiger partial charge on any atom is 0.391 e. The lowest BCUT2D eigenvalue weighted by atomic mass is 9.65. The molecule has 0 heterocycles. The van der Waals surface area contributed by atoms with Crippen LogP contribution in [-0.4, -0.2) is 24.9 Å². The summed E-state index contributed by atoms with van der Waals surface area (Å²) in [5.74, 6) is -4.98. The molecule has 3 nitrogen and oxygen atoms in total. The third kappa shape index (κ3) is 2.85. The van der Waals surface area contributed by atoms with Crippen LogP contribution in [0.4, 0.5) is 13.2 Å². The Morgan fingerprint density at radius 1 is 1.19 bits per heavy atom. The van der Waals surface area contributed by atoms with E-state index in [4.69, 9.17) is 4.74 Å². The predicted octanol–water partition coefficient (Wildman–Crippen LogP) is 3.54. The highest BCUT2D eigenvalue weighted by Crippen LogP contribution is 2.45. The minimum atomic E-state index is -4.44.